The van der Waals surface area contributed by atoms with Gasteiger partial charge < -0.3 is 5.32 Å². The molecule has 1 saturated heterocycles. The van der Waals surface area contributed by atoms with Gasteiger partial charge in [0.15, 0.2) is 0 Å². The van der Waals surface area contributed by atoms with Gasteiger partial charge in [0.05, 0.1) is 4.90 Å². The summed E-state index contributed by atoms with van der Waals surface area (Å²) in [5.41, 5.74) is 0.349. The average molecular weight is 381 g/mol. The van der Waals surface area contributed by atoms with E-state index in [9.17, 15) is 22.8 Å². The molecule has 142 valence electrons. The number of hydrogen-bond acceptors (Lipinski definition) is 5. The maximum absolute atomic E-state index is 12.5. The minimum atomic E-state index is -3.61. The number of hydrogen-bond donors (Lipinski definition) is 1. The van der Waals surface area contributed by atoms with Gasteiger partial charge >= 0.3 is 0 Å². The molecule has 2 rings (SSSR count). The van der Waals surface area contributed by atoms with Crippen LogP contribution < -0.4 is 5.32 Å². The Morgan fingerprint density at radius 3 is 2.35 bits per heavy atom. The summed E-state index contributed by atoms with van der Waals surface area (Å²) < 4.78 is 26.4. The highest BCUT2D eigenvalue weighted by atomic mass is 32.2. The Labute approximate surface area is 153 Å². The van der Waals surface area contributed by atoms with Crippen LogP contribution in [0.3, 0.4) is 0 Å². The number of nitrogens with one attached hydrogen (secondary N) is 1. The summed E-state index contributed by atoms with van der Waals surface area (Å²) in [6, 6.07) is 6.02. The highest BCUT2D eigenvalue weighted by Gasteiger charge is 2.28. The lowest BCUT2D eigenvalue weighted by Crippen LogP contribution is -2.32. The number of benzene rings is 1. The topological polar surface area (TPSA) is 104 Å². The molecule has 0 radical (unpaired) electrons. The van der Waals surface area contributed by atoms with Crippen LogP contribution in [-0.2, 0) is 24.4 Å². The second-order valence-electron chi connectivity index (χ2n) is 5.85. The molecule has 0 unspecified atom stereocenters. The van der Waals surface area contributed by atoms with Crippen molar-refractivity contribution >= 4 is 33.4 Å². The van der Waals surface area contributed by atoms with Crippen molar-refractivity contribution in [3.8, 4) is 0 Å². The molecule has 0 spiro atoms. The lowest BCUT2D eigenvalue weighted by atomic mass is 10.3. The van der Waals surface area contributed by atoms with Crippen molar-refractivity contribution in [1.29, 1.82) is 0 Å². The lowest BCUT2D eigenvalue weighted by Gasteiger charge is -2.19. The maximum atomic E-state index is 12.5. The van der Waals surface area contributed by atoms with Crippen LogP contribution in [0.25, 0.3) is 0 Å². The minimum Gasteiger partial charge on any atom is -0.326 e. The summed E-state index contributed by atoms with van der Waals surface area (Å²) in [6.45, 7) is 4.25. The molecule has 1 aliphatic rings. The van der Waals surface area contributed by atoms with E-state index in [0.717, 1.165) is 4.90 Å². The summed E-state index contributed by atoms with van der Waals surface area (Å²) in [7, 11) is -3.61. The predicted molar refractivity (Wildman–Crippen MR) is 95.7 cm³/mol. The molecule has 1 aromatic carbocycles. The Morgan fingerprint density at radius 2 is 1.77 bits per heavy atom. The van der Waals surface area contributed by atoms with Gasteiger partial charge in [0.2, 0.25) is 27.7 Å². The minimum absolute atomic E-state index is 0.0287. The van der Waals surface area contributed by atoms with E-state index >= 15 is 0 Å². The van der Waals surface area contributed by atoms with Gasteiger partial charge in [-0.25, -0.2) is 8.42 Å². The third-order valence-electron chi connectivity index (χ3n) is 4.18. The fraction of sp³-hybridized carbons (Fsp3) is 0.471. The molecular formula is C17H23N3O5S. The molecule has 1 aliphatic heterocycles. The first kappa shape index (κ1) is 20.1. The van der Waals surface area contributed by atoms with Gasteiger partial charge in [-0.05, 0) is 18.2 Å². The van der Waals surface area contributed by atoms with Crippen LogP contribution >= 0.6 is 0 Å². The predicted octanol–water partition coefficient (Wildman–Crippen LogP) is 1.19. The van der Waals surface area contributed by atoms with E-state index < -0.39 is 15.9 Å². The third kappa shape index (κ3) is 4.47. The molecule has 0 bridgehead atoms. The average Bonchev–Trinajstić information content (AvgIpc) is 2.92. The number of imide groups is 1. The Bertz CT molecular complexity index is 786. The van der Waals surface area contributed by atoms with Gasteiger partial charge in [-0.1, -0.05) is 19.9 Å². The molecule has 26 heavy (non-hydrogen) atoms. The van der Waals surface area contributed by atoms with E-state index in [1.165, 1.54) is 16.4 Å². The molecule has 0 aromatic heterocycles. The second kappa shape index (κ2) is 8.41. The number of carbonyl (C=O) groups excluding carboxylic acids is 3. The SMILES string of the molecule is CCN(CC)S(=O)(=O)c1cccc(NC(=O)CCN2C(=O)CCC2=O)c1. The first-order valence-electron chi connectivity index (χ1n) is 8.52. The van der Waals surface area contributed by atoms with Crippen molar-refractivity contribution in [2.75, 3.05) is 25.0 Å². The quantitative estimate of drug-likeness (QED) is 0.681. The van der Waals surface area contributed by atoms with Crippen LogP contribution in [0, 0.1) is 0 Å². The van der Waals surface area contributed by atoms with Gasteiger partial charge in [0, 0.05) is 44.6 Å². The number of amides is 3. The zero-order chi connectivity index (χ0) is 19.3. The Kier molecular flexibility index (Phi) is 6.49. The number of sulfonamides is 1. The molecule has 0 atom stereocenters. The van der Waals surface area contributed by atoms with Crippen molar-refractivity contribution in [3.05, 3.63) is 24.3 Å². The third-order valence-corrected chi connectivity index (χ3v) is 6.22. The standard InChI is InChI=1S/C17H23N3O5S/c1-3-19(4-2)26(24,25)14-7-5-6-13(12-14)18-15(21)10-11-20-16(22)8-9-17(20)23/h5-7,12H,3-4,8-11H2,1-2H3,(H,18,21). The van der Waals surface area contributed by atoms with Crippen LogP contribution in [0.2, 0.25) is 0 Å². The number of anilines is 1. The van der Waals surface area contributed by atoms with Crippen molar-refractivity contribution in [2.24, 2.45) is 0 Å². The fourth-order valence-electron chi connectivity index (χ4n) is 2.76. The largest absolute Gasteiger partial charge is 0.326 e. The molecule has 0 saturated carbocycles. The van der Waals surface area contributed by atoms with E-state index in [1.807, 2.05) is 0 Å². The van der Waals surface area contributed by atoms with E-state index in [0.29, 0.717) is 18.8 Å². The molecule has 8 nitrogen and oxygen atoms in total. The summed E-state index contributed by atoms with van der Waals surface area (Å²) in [6.07, 6.45) is 0.335. The molecule has 0 aliphatic carbocycles. The van der Waals surface area contributed by atoms with Gasteiger partial charge in [-0.3, -0.25) is 19.3 Å². The summed E-state index contributed by atoms with van der Waals surface area (Å²) in [4.78, 5) is 36.3. The number of nitrogens with zero attached hydrogens (tertiary/aromatic N) is 2. The molecule has 1 N–H and O–H groups in total. The molecule has 1 fully saturated rings. The fourth-order valence-corrected chi connectivity index (χ4v) is 4.26. The monoisotopic (exact) mass is 381 g/mol. The molecule has 1 aromatic rings. The Hall–Kier alpha value is -2.26. The first-order chi connectivity index (χ1) is 12.3. The second-order valence-corrected chi connectivity index (χ2v) is 7.79. The van der Waals surface area contributed by atoms with E-state index in [-0.39, 0.29) is 42.5 Å². The number of likely N-dealkylation sites (tertiary alicyclic amines) is 1. The zero-order valence-corrected chi connectivity index (χ0v) is 15.7. The van der Waals surface area contributed by atoms with Crippen molar-refractivity contribution < 1.29 is 22.8 Å². The molecule has 9 heteroatoms. The molecule has 3 amide bonds. The van der Waals surface area contributed by atoms with Crippen molar-refractivity contribution in [3.63, 3.8) is 0 Å². The highest BCUT2D eigenvalue weighted by molar-refractivity contribution is 7.89. The smallest absolute Gasteiger partial charge is 0.243 e. The Balaban J connectivity index is 2.03. The van der Waals surface area contributed by atoms with E-state index in [4.69, 9.17) is 0 Å². The van der Waals surface area contributed by atoms with Crippen molar-refractivity contribution in [1.82, 2.24) is 9.21 Å². The first-order valence-corrected chi connectivity index (χ1v) is 9.96. The van der Waals surface area contributed by atoms with Crippen LogP contribution in [-0.4, -0.2) is 55.0 Å². The molecule has 1 heterocycles. The summed E-state index contributed by atoms with van der Waals surface area (Å²) >= 11 is 0. The number of carbonyl (C=O) groups is 3. The lowest BCUT2D eigenvalue weighted by molar-refractivity contribution is -0.138. The van der Waals surface area contributed by atoms with Crippen LogP contribution in [0.4, 0.5) is 5.69 Å². The highest BCUT2D eigenvalue weighted by Crippen LogP contribution is 2.20. The van der Waals surface area contributed by atoms with E-state index in [1.54, 1.807) is 26.0 Å². The summed E-state index contributed by atoms with van der Waals surface area (Å²) in [5, 5.41) is 2.61. The zero-order valence-electron chi connectivity index (χ0n) is 14.9. The van der Waals surface area contributed by atoms with Crippen molar-refractivity contribution in [2.45, 2.75) is 38.0 Å². The Morgan fingerprint density at radius 1 is 1.15 bits per heavy atom. The molecular weight excluding hydrogens is 358 g/mol. The van der Waals surface area contributed by atoms with E-state index in [2.05, 4.69) is 5.32 Å². The van der Waals surface area contributed by atoms with Crippen LogP contribution in [0.15, 0.2) is 29.2 Å². The maximum Gasteiger partial charge on any atom is 0.243 e. The van der Waals surface area contributed by atoms with Gasteiger partial charge in [0.25, 0.3) is 0 Å². The normalized spacial score (nSPS) is 15.0. The van der Waals surface area contributed by atoms with Gasteiger partial charge in [-0.2, -0.15) is 4.31 Å². The number of rotatable bonds is 8. The summed E-state index contributed by atoms with van der Waals surface area (Å²) in [5.74, 6) is -0.930. The van der Waals surface area contributed by atoms with Gasteiger partial charge in [0.1, 0.15) is 0 Å². The van der Waals surface area contributed by atoms with Crippen LogP contribution in [0.5, 0.6) is 0 Å². The van der Waals surface area contributed by atoms with Crippen LogP contribution in [0.1, 0.15) is 33.1 Å². The van der Waals surface area contributed by atoms with Gasteiger partial charge in [-0.15, -0.1) is 0 Å².